The third-order valence-electron chi connectivity index (χ3n) is 3.08. The largest absolute Gasteiger partial charge is 0.496 e. The lowest BCUT2D eigenvalue weighted by molar-refractivity contribution is -0.135. The molecule has 0 heterocycles. The van der Waals surface area contributed by atoms with Gasteiger partial charge in [-0.3, -0.25) is 4.79 Å². The van der Waals surface area contributed by atoms with Crippen LogP contribution in [0.2, 0.25) is 0 Å². The molecule has 0 fully saturated rings. The summed E-state index contributed by atoms with van der Waals surface area (Å²) in [5.74, 6) is 0.514. The number of benzene rings is 1. The maximum Gasteiger partial charge on any atom is 0.168 e. The van der Waals surface area contributed by atoms with E-state index in [-0.39, 0.29) is 12.2 Å². The molecule has 3 nitrogen and oxygen atoms in total. The molecule has 0 aromatic heterocycles. The van der Waals surface area contributed by atoms with Crippen LogP contribution in [0.5, 0.6) is 5.75 Å². The van der Waals surface area contributed by atoms with Gasteiger partial charge in [-0.15, -0.1) is 0 Å². The number of hydrogen-bond donors (Lipinski definition) is 1. The lowest BCUT2D eigenvalue weighted by Gasteiger charge is -2.20. The van der Waals surface area contributed by atoms with Gasteiger partial charge in [0, 0.05) is 12.0 Å². The minimum Gasteiger partial charge on any atom is -0.496 e. The van der Waals surface area contributed by atoms with E-state index in [0.717, 1.165) is 11.1 Å². The van der Waals surface area contributed by atoms with E-state index in [9.17, 15) is 9.90 Å². The molecule has 0 aliphatic carbocycles. The van der Waals surface area contributed by atoms with Gasteiger partial charge in [0.2, 0.25) is 0 Å². The van der Waals surface area contributed by atoms with Crippen molar-refractivity contribution in [3.05, 3.63) is 29.3 Å². The maximum absolute atomic E-state index is 11.9. The molecule has 94 valence electrons. The van der Waals surface area contributed by atoms with E-state index in [2.05, 4.69) is 0 Å². The van der Waals surface area contributed by atoms with Crippen molar-refractivity contribution in [3.63, 3.8) is 0 Å². The second-order valence-electron chi connectivity index (χ2n) is 4.54. The molecule has 1 aromatic carbocycles. The number of aryl methyl sites for hydroxylation is 1. The standard InChI is InChI=1S/C14H20O3/c1-5-14(3,16)13(15)9-11-8-10(2)6-7-12(11)17-4/h6-8,16H,5,9H2,1-4H3. The summed E-state index contributed by atoms with van der Waals surface area (Å²) in [7, 11) is 1.58. The van der Waals surface area contributed by atoms with Gasteiger partial charge in [-0.25, -0.2) is 0 Å². The Kier molecular flexibility index (Phi) is 4.29. The molecule has 17 heavy (non-hydrogen) atoms. The Balaban J connectivity index is 2.95. The summed E-state index contributed by atoms with van der Waals surface area (Å²) in [4.78, 5) is 11.9. The zero-order chi connectivity index (χ0) is 13.1. The van der Waals surface area contributed by atoms with Crippen molar-refractivity contribution >= 4 is 5.78 Å². The van der Waals surface area contributed by atoms with Crippen molar-refractivity contribution in [1.82, 2.24) is 0 Å². The zero-order valence-corrected chi connectivity index (χ0v) is 10.9. The number of Topliss-reactive ketones (excluding diaryl/α,β-unsaturated/α-hetero) is 1. The number of aliphatic hydroxyl groups is 1. The molecule has 0 saturated carbocycles. The van der Waals surface area contributed by atoms with E-state index in [1.54, 1.807) is 21.0 Å². The zero-order valence-electron chi connectivity index (χ0n) is 10.9. The third kappa shape index (κ3) is 3.30. The van der Waals surface area contributed by atoms with Gasteiger partial charge in [0.25, 0.3) is 0 Å². The number of ketones is 1. The molecule has 0 aliphatic rings. The van der Waals surface area contributed by atoms with Crippen LogP contribution in [0.4, 0.5) is 0 Å². The Morgan fingerprint density at radius 3 is 2.65 bits per heavy atom. The fourth-order valence-electron chi connectivity index (χ4n) is 1.61. The van der Waals surface area contributed by atoms with Crippen LogP contribution in [-0.4, -0.2) is 23.6 Å². The van der Waals surface area contributed by atoms with E-state index >= 15 is 0 Å². The van der Waals surface area contributed by atoms with Crippen LogP contribution in [0, 0.1) is 6.92 Å². The molecule has 0 spiro atoms. The van der Waals surface area contributed by atoms with Crippen LogP contribution in [-0.2, 0) is 11.2 Å². The number of ether oxygens (including phenoxy) is 1. The normalized spacial score (nSPS) is 14.2. The van der Waals surface area contributed by atoms with Crippen LogP contribution in [0.1, 0.15) is 31.4 Å². The lowest BCUT2D eigenvalue weighted by Crippen LogP contribution is -2.35. The summed E-state index contributed by atoms with van der Waals surface area (Å²) < 4.78 is 5.21. The highest BCUT2D eigenvalue weighted by Gasteiger charge is 2.28. The lowest BCUT2D eigenvalue weighted by atomic mass is 9.92. The fraction of sp³-hybridized carbons (Fsp3) is 0.500. The summed E-state index contributed by atoms with van der Waals surface area (Å²) in [5.41, 5.74) is 0.644. The monoisotopic (exact) mass is 236 g/mol. The molecule has 0 bridgehead atoms. The van der Waals surface area contributed by atoms with Crippen molar-refractivity contribution in [3.8, 4) is 5.75 Å². The van der Waals surface area contributed by atoms with Crippen LogP contribution in [0.15, 0.2) is 18.2 Å². The summed E-state index contributed by atoms with van der Waals surface area (Å²) in [6, 6.07) is 5.70. The summed E-state index contributed by atoms with van der Waals surface area (Å²) in [6.45, 7) is 5.31. The number of carbonyl (C=O) groups is 1. The third-order valence-corrected chi connectivity index (χ3v) is 3.08. The maximum atomic E-state index is 11.9. The van der Waals surface area contributed by atoms with Crippen molar-refractivity contribution in [2.45, 2.75) is 39.2 Å². The first-order valence-electron chi connectivity index (χ1n) is 5.80. The second kappa shape index (κ2) is 5.32. The van der Waals surface area contributed by atoms with Crippen LogP contribution < -0.4 is 4.74 Å². The quantitative estimate of drug-likeness (QED) is 0.853. The van der Waals surface area contributed by atoms with E-state index in [0.29, 0.717) is 12.2 Å². The Labute approximate surface area is 102 Å². The average molecular weight is 236 g/mol. The van der Waals surface area contributed by atoms with Crippen molar-refractivity contribution < 1.29 is 14.6 Å². The predicted octanol–water partition coefficient (Wildman–Crippen LogP) is 2.28. The minimum absolute atomic E-state index is 0.177. The van der Waals surface area contributed by atoms with Gasteiger partial charge in [-0.2, -0.15) is 0 Å². The average Bonchev–Trinajstić information content (AvgIpc) is 2.29. The van der Waals surface area contributed by atoms with Crippen molar-refractivity contribution in [2.75, 3.05) is 7.11 Å². The Morgan fingerprint density at radius 1 is 1.47 bits per heavy atom. The molecule has 1 rings (SSSR count). The topological polar surface area (TPSA) is 46.5 Å². The number of methoxy groups -OCH3 is 1. The highest BCUT2D eigenvalue weighted by molar-refractivity contribution is 5.89. The number of carbonyl (C=O) groups excluding carboxylic acids is 1. The molecule has 1 aromatic rings. The number of rotatable bonds is 5. The molecule has 1 atom stereocenters. The molecule has 0 radical (unpaired) electrons. The molecular weight excluding hydrogens is 216 g/mol. The first kappa shape index (κ1) is 13.7. The molecule has 3 heteroatoms. The first-order valence-corrected chi connectivity index (χ1v) is 5.80. The highest BCUT2D eigenvalue weighted by Crippen LogP contribution is 2.23. The smallest absolute Gasteiger partial charge is 0.168 e. The summed E-state index contributed by atoms with van der Waals surface area (Å²) in [6.07, 6.45) is 0.617. The van der Waals surface area contributed by atoms with Gasteiger partial charge >= 0.3 is 0 Å². The van der Waals surface area contributed by atoms with Crippen molar-refractivity contribution in [1.29, 1.82) is 0 Å². The van der Waals surface area contributed by atoms with E-state index < -0.39 is 5.60 Å². The Morgan fingerprint density at radius 2 is 2.12 bits per heavy atom. The molecule has 1 N–H and O–H groups in total. The fourth-order valence-corrected chi connectivity index (χ4v) is 1.61. The van der Waals surface area contributed by atoms with E-state index in [1.807, 2.05) is 25.1 Å². The Hall–Kier alpha value is -1.35. The second-order valence-corrected chi connectivity index (χ2v) is 4.54. The van der Waals surface area contributed by atoms with E-state index in [1.165, 1.54) is 0 Å². The molecule has 0 amide bonds. The highest BCUT2D eigenvalue weighted by atomic mass is 16.5. The SMILES string of the molecule is CCC(C)(O)C(=O)Cc1cc(C)ccc1OC. The molecule has 1 unspecified atom stereocenters. The van der Waals surface area contributed by atoms with Gasteiger partial charge in [-0.05, 0) is 26.3 Å². The van der Waals surface area contributed by atoms with Crippen molar-refractivity contribution in [2.24, 2.45) is 0 Å². The molecular formula is C14H20O3. The molecule has 0 aliphatic heterocycles. The Bertz CT molecular complexity index is 408. The van der Waals surface area contributed by atoms with Crippen LogP contribution in [0.3, 0.4) is 0 Å². The summed E-state index contributed by atoms with van der Waals surface area (Å²) >= 11 is 0. The van der Waals surface area contributed by atoms with Gasteiger partial charge in [0.1, 0.15) is 11.4 Å². The van der Waals surface area contributed by atoms with Gasteiger partial charge in [-0.1, -0.05) is 24.6 Å². The summed E-state index contributed by atoms with van der Waals surface area (Å²) in [5, 5.41) is 9.90. The van der Waals surface area contributed by atoms with Gasteiger partial charge in [0.15, 0.2) is 5.78 Å². The van der Waals surface area contributed by atoms with Gasteiger partial charge in [0.05, 0.1) is 7.11 Å². The predicted molar refractivity (Wildman–Crippen MR) is 67.4 cm³/mol. The minimum atomic E-state index is -1.26. The van der Waals surface area contributed by atoms with Crippen LogP contribution in [0.25, 0.3) is 0 Å². The molecule has 0 saturated heterocycles. The first-order chi connectivity index (χ1) is 7.90. The van der Waals surface area contributed by atoms with Gasteiger partial charge < -0.3 is 9.84 Å². The van der Waals surface area contributed by atoms with Crippen LogP contribution >= 0.6 is 0 Å². The number of hydrogen-bond acceptors (Lipinski definition) is 3. The van der Waals surface area contributed by atoms with E-state index in [4.69, 9.17) is 4.74 Å².